The highest BCUT2D eigenvalue weighted by Crippen LogP contribution is 2.17. The molecule has 0 atom stereocenters. The number of H-pyrrole nitrogens is 1. The zero-order valence-corrected chi connectivity index (χ0v) is 17.5. The van der Waals surface area contributed by atoms with Crippen LogP contribution >= 0.6 is 11.8 Å². The van der Waals surface area contributed by atoms with E-state index in [4.69, 9.17) is 4.42 Å². The molecule has 0 unspecified atom stereocenters. The maximum absolute atomic E-state index is 12.0. The van der Waals surface area contributed by atoms with Gasteiger partial charge in [0.25, 0.3) is 10.8 Å². The SMILES string of the molecule is O=C(CSc1nnc(CCc2nc3ccccc3[nH]2)o1)NCCCn1ncccc1=O. The van der Waals surface area contributed by atoms with Gasteiger partial charge in [-0.05, 0) is 24.6 Å². The molecule has 0 saturated heterocycles. The molecule has 4 aromatic rings. The van der Waals surface area contributed by atoms with Crippen molar-refractivity contribution in [2.75, 3.05) is 12.3 Å². The molecule has 11 heteroatoms. The van der Waals surface area contributed by atoms with Crippen molar-refractivity contribution in [3.05, 3.63) is 64.7 Å². The van der Waals surface area contributed by atoms with E-state index in [1.54, 1.807) is 12.3 Å². The molecular weight excluding hydrogens is 418 g/mol. The van der Waals surface area contributed by atoms with E-state index in [-0.39, 0.29) is 17.2 Å². The second kappa shape index (κ2) is 10.0. The predicted octanol–water partition coefficient (Wildman–Crippen LogP) is 1.59. The van der Waals surface area contributed by atoms with Gasteiger partial charge < -0.3 is 14.7 Å². The normalized spacial score (nSPS) is 11.1. The molecule has 3 aromatic heterocycles. The van der Waals surface area contributed by atoms with E-state index in [0.717, 1.165) is 16.9 Å². The third-order valence-electron chi connectivity index (χ3n) is 4.44. The second-order valence-corrected chi connectivity index (χ2v) is 7.67. The molecule has 0 aliphatic heterocycles. The highest BCUT2D eigenvalue weighted by Gasteiger charge is 2.11. The maximum atomic E-state index is 12.0. The van der Waals surface area contributed by atoms with Crippen molar-refractivity contribution >= 4 is 28.7 Å². The highest BCUT2D eigenvalue weighted by atomic mass is 32.2. The van der Waals surface area contributed by atoms with Crippen LogP contribution in [0.3, 0.4) is 0 Å². The quantitative estimate of drug-likeness (QED) is 0.281. The molecule has 31 heavy (non-hydrogen) atoms. The van der Waals surface area contributed by atoms with E-state index in [1.165, 1.54) is 22.5 Å². The first-order chi connectivity index (χ1) is 15.2. The first-order valence-corrected chi connectivity index (χ1v) is 10.8. The highest BCUT2D eigenvalue weighted by molar-refractivity contribution is 7.99. The fourth-order valence-electron chi connectivity index (χ4n) is 2.94. The number of aryl methyl sites for hydroxylation is 3. The molecule has 3 heterocycles. The van der Waals surface area contributed by atoms with E-state index in [0.29, 0.717) is 43.5 Å². The minimum Gasteiger partial charge on any atom is -0.416 e. The fraction of sp³-hybridized carbons (Fsp3) is 0.300. The topological polar surface area (TPSA) is 132 Å². The van der Waals surface area contributed by atoms with Crippen molar-refractivity contribution in [3.8, 4) is 0 Å². The molecule has 0 spiro atoms. The molecule has 1 amide bonds. The molecule has 0 bridgehead atoms. The predicted molar refractivity (Wildman–Crippen MR) is 115 cm³/mol. The van der Waals surface area contributed by atoms with E-state index >= 15 is 0 Å². The largest absolute Gasteiger partial charge is 0.416 e. The third-order valence-corrected chi connectivity index (χ3v) is 5.26. The summed E-state index contributed by atoms with van der Waals surface area (Å²) < 4.78 is 6.97. The Morgan fingerprint density at radius 2 is 2.06 bits per heavy atom. The molecule has 0 radical (unpaired) electrons. The number of benzene rings is 1. The van der Waals surface area contributed by atoms with Crippen LogP contribution in [0.1, 0.15) is 18.1 Å². The molecule has 0 aliphatic rings. The van der Waals surface area contributed by atoms with E-state index in [2.05, 4.69) is 30.6 Å². The number of carbonyl (C=O) groups is 1. The van der Waals surface area contributed by atoms with Crippen LogP contribution in [0, 0.1) is 0 Å². The summed E-state index contributed by atoms with van der Waals surface area (Å²) >= 11 is 1.19. The average Bonchev–Trinajstić information content (AvgIpc) is 3.41. The van der Waals surface area contributed by atoms with Crippen molar-refractivity contribution < 1.29 is 9.21 Å². The van der Waals surface area contributed by atoms with E-state index < -0.39 is 0 Å². The molecular formula is C20H21N7O3S. The van der Waals surface area contributed by atoms with Crippen molar-refractivity contribution in [1.29, 1.82) is 0 Å². The minimum atomic E-state index is -0.156. The Kier molecular flexibility index (Phi) is 6.72. The number of aromatic amines is 1. The van der Waals surface area contributed by atoms with Gasteiger partial charge in [-0.3, -0.25) is 9.59 Å². The number of para-hydroxylation sites is 2. The summed E-state index contributed by atoms with van der Waals surface area (Å²) in [6.07, 6.45) is 3.39. The molecule has 160 valence electrons. The summed E-state index contributed by atoms with van der Waals surface area (Å²) in [6, 6.07) is 10.9. The van der Waals surface area contributed by atoms with Gasteiger partial charge in [-0.2, -0.15) is 5.10 Å². The van der Waals surface area contributed by atoms with Gasteiger partial charge in [-0.25, -0.2) is 9.67 Å². The van der Waals surface area contributed by atoms with Crippen LogP contribution < -0.4 is 10.9 Å². The summed E-state index contributed by atoms with van der Waals surface area (Å²) in [5, 5.41) is 15.1. The van der Waals surface area contributed by atoms with Gasteiger partial charge in [-0.1, -0.05) is 23.9 Å². The fourth-order valence-corrected chi connectivity index (χ4v) is 3.55. The Balaban J connectivity index is 1.16. The lowest BCUT2D eigenvalue weighted by Gasteiger charge is -2.05. The maximum Gasteiger partial charge on any atom is 0.277 e. The average molecular weight is 440 g/mol. The summed E-state index contributed by atoms with van der Waals surface area (Å²) in [7, 11) is 0. The molecule has 0 fully saturated rings. The zero-order valence-electron chi connectivity index (χ0n) is 16.7. The van der Waals surface area contributed by atoms with Gasteiger partial charge in [0.2, 0.25) is 11.8 Å². The number of aromatic nitrogens is 6. The number of fused-ring (bicyclic) bond motifs is 1. The minimum absolute atomic E-state index is 0.139. The lowest BCUT2D eigenvalue weighted by molar-refractivity contribution is -0.118. The summed E-state index contributed by atoms with van der Waals surface area (Å²) in [5.41, 5.74) is 1.77. The number of nitrogens with zero attached hydrogens (tertiary/aromatic N) is 5. The Bertz CT molecular complexity index is 1180. The van der Waals surface area contributed by atoms with Crippen LogP contribution in [0.4, 0.5) is 0 Å². The molecule has 10 nitrogen and oxygen atoms in total. The van der Waals surface area contributed by atoms with Crippen molar-refractivity contribution in [2.45, 2.75) is 31.0 Å². The third kappa shape index (κ3) is 5.79. The molecule has 0 aliphatic carbocycles. The van der Waals surface area contributed by atoms with Gasteiger partial charge in [-0.15, -0.1) is 10.2 Å². The standard InChI is InChI=1S/C20H21N7O3S/c28-17(21-10-4-12-27-19(29)7-3-11-22-27)13-31-20-26-25-18(30-20)9-8-16-23-14-5-1-2-6-15(14)24-16/h1-3,5-7,11H,4,8-10,12-13H2,(H,21,28)(H,23,24). The molecule has 4 rings (SSSR count). The first-order valence-electron chi connectivity index (χ1n) is 9.85. The molecule has 1 aromatic carbocycles. The van der Waals surface area contributed by atoms with Gasteiger partial charge in [0.1, 0.15) is 5.82 Å². The number of thioether (sulfide) groups is 1. The summed E-state index contributed by atoms with van der Waals surface area (Å²) in [5.74, 6) is 1.40. The lowest BCUT2D eigenvalue weighted by Crippen LogP contribution is -2.28. The smallest absolute Gasteiger partial charge is 0.277 e. The number of nitrogens with one attached hydrogen (secondary N) is 2. The number of carbonyl (C=O) groups excluding carboxylic acids is 1. The number of rotatable bonds is 10. The lowest BCUT2D eigenvalue weighted by atomic mass is 10.3. The Hall–Kier alpha value is -3.47. The van der Waals surface area contributed by atoms with E-state index in [9.17, 15) is 9.59 Å². The molecule has 2 N–H and O–H groups in total. The summed E-state index contributed by atoms with van der Waals surface area (Å²) in [6.45, 7) is 0.903. The van der Waals surface area contributed by atoms with Crippen LogP contribution in [-0.2, 0) is 24.2 Å². The van der Waals surface area contributed by atoms with Crippen molar-refractivity contribution in [2.24, 2.45) is 0 Å². The van der Waals surface area contributed by atoms with Gasteiger partial charge in [0, 0.05) is 38.2 Å². The van der Waals surface area contributed by atoms with Crippen LogP contribution in [0.25, 0.3) is 11.0 Å². The number of hydrogen-bond acceptors (Lipinski definition) is 8. The molecule has 0 saturated carbocycles. The zero-order chi connectivity index (χ0) is 21.5. The summed E-state index contributed by atoms with van der Waals surface area (Å²) in [4.78, 5) is 31.3. The first kappa shape index (κ1) is 20.8. The van der Waals surface area contributed by atoms with Crippen molar-refractivity contribution in [3.63, 3.8) is 0 Å². The van der Waals surface area contributed by atoms with Gasteiger partial charge in [0.15, 0.2) is 0 Å². The van der Waals surface area contributed by atoms with Crippen LogP contribution in [0.2, 0.25) is 0 Å². The van der Waals surface area contributed by atoms with Crippen LogP contribution in [-0.4, -0.2) is 48.2 Å². The Morgan fingerprint density at radius 3 is 2.94 bits per heavy atom. The number of amides is 1. The van der Waals surface area contributed by atoms with E-state index in [1.807, 2.05) is 24.3 Å². The second-order valence-electron chi connectivity index (χ2n) is 6.74. The Morgan fingerprint density at radius 1 is 1.16 bits per heavy atom. The van der Waals surface area contributed by atoms with Gasteiger partial charge >= 0.3 is 0 Å². The Labute approximate surface area is 181 Å². The van der Waals surface area contributed by atoms with Crippen LogP contribution in [0.5, 0.6) is 0 Å². The van der Waals surface area contributed by atoms with Gasteiger partial charge in [0.05, 0.1) is 16.8 Å². The van der Waals surface area contributed by atoms with Crippen LogP contribution in [0.15, 0.2) is 57.0 Å². The monoisotopic (exact) mass is 439 g/mol. The number of hydrogen-bond donors (Lipinski definition) is 2. The number of imidazole rings is 1. The van der Waals surface area contributed by atoms with Crippen molar-refractivity contribution in [1.82, 2.24) is 35.3 Å².